The highest BCUT2D eigenvalue weighted by Crippen LogP contribution is 2.25. The smallest absolute Gasteiger partial charge is 0.320 e. The van der Waals surface area contributed by atoms with Crippen LogP contribution in [0.2, 0.25) is 0 Å². The SMILES string of the molecule is O=C(Nc1cccc(-c2nnc(Nc3ccc4[nH]ncc4c3)o2)c1)c1cnc[nH]1. The molecule has 10 heteroatoms. The van der Waals surface area contributed by atoms with Crippen LogP contribution >= 0.6 is 0 Å². The van der Waals surface area contributed by atoms with Crippen molar-refractivity contribution in [3.05, 3.63) is 66.9 Å². The molecular weight excluding hydrogens is 372 g/mol. The lowest BCUT2D eigenvalue weighted by Crippen LogP contribution is -2.12. The molecule has 10 nitrogen and oxygen atoms in total. The fraction of sp³-hybridized carbons (Fsp3) is 0. The van der Waals surface area contributed by atoms with Gasteiger partial charge in [-0.05, 0) is 36.4 Å². The molecule has 0 radical (unpaired) electrons. The second-order valence-corrected chi connectivity index (χ2v) is 6.21. The summed E-state index contributed by atoms with van der Waals surface area (Å²) in [7, 11) is 0. The zero-order valence-corrected chi connectivity index (χ0v) is 14.9. The Kier molecular flexibility index (Phi) is 3.98. The number of benzene rings is 2. The van der Waals surface area contributed by atoms with E-state index in [1.165, 1.54) is 12.5 Å². The summed E-state index contributed by atoms with van der Waals surface area (Å²) in [6.07, 6.45) is 4.64. The van der Waals surface area contributed by atoms with Crippen LogP contribution in [0.25, 0.3) is 22.4 Å². The Bertz CT molecular complexity index is 1290. The zero-order valence-electron chi connectivity index (χ0n) is 14.9. The number of hydrogen-bond acceptors (Lipinski definition) is 7. The first-order valence-electron chi connectivity index (χ1n) is 8.68. The Morgan fingerprint density at radius 2 is 2.00 bits per heavy atom. The van der Waals surface area contributed by atoms with Crippen molar-refractivity contribution in [3.8, 4) is 11.5 Å². The molecule has 3 heterocycles. The lowest BCUT2D eigenvalue weighted by Gasteiger charge is -2.04. The van der Waals surface area contributed by atoms with Crippen LogP contribution in [0.3, 0.4) is 0 Å². The first kappa shape index (κ1) is 16.7. The van der Waals surface area contributed by atoms with Gasteiger partial charge in [-0.2, -0.15) is 5.10 Å². The van der Waals surface area contributed by atoms with Crippen molar-refractivity contribution in [1.82, 2.24) is 30.4 Å². The first-order valence-corrected chi connectivity index (χ1v) is 8.68. The van der Waals surface area contributed by atoms with Gasteiger partial charge in [0.15, 0.2) is 0 Å². The average Bonchev–Trinajstić information content (AvgIpc) is 3.49. The molecule has 0 aliphatic carbocycles. The van der Waals surface area contributed by atoms with Gasteiger partial charge in [0.1, 0.15) is 5.69 Å². The van der Waals surface area contributed by atoms with Gasteiger partial charge in [0.05, 0.1) is 24.2 Å². The Morgan fingerprint density at radius 1 is 1.03 bits per heavy atom. The highest BCUT2D eigenvalue weighted by Gasteiger charge is 2.12. The predicted molar refractivity (Wildman–Crippen MR) is 106 cm³/mol. The van der Waals surface area contributed by atoms with Crippen molar-refractivity contribution in [2.24, 2.45) is 0 Å². The molecule has 2 aromatic carbocycles. The molecule has 0 aliphatic heterocycles. The number of carbonyl (C=O) groups is 1. The molecule has 142 valence electrons. The lowest BCUT2D eigenvalue weighted by molar-refractivity contribution is 0.102. The zero-order chi connectivity index (χ0) is 19.6. The van der Waals surface area contributed by atoms with E-state index >= 15 is 0 Å². The van der Waals surface area contributed by atoms with Crippen molar-refractivity contribution in [2.75, 3.05) is 10.6 Å². The molecule has 0 aliphatic rings. The molecule has 29 heavy (non-hydrogen) atoms. The van der Waals surface area contributed by atoms with Crippen molar-refractivity contribution < 1.29 is 9.21 Å². The summed E-state index contributed by atoms with van der Waals surface area (Å²) in [6, 6.07) is 13.1. The number of nitrogens with one attached hydrogen (secondary N) is 4. The molecule has 0 unspecified atom stereocenters. The average molecular weight is 386 g/mol. The highest BCUT2D eigenvalue weighted by atomic mass is 16.4. The quantitative estimate of drug-likeness (QED) is 0.363. The van der Waals surface area contributed by atoms with Crippen LogP contribution in [0.1, 0.15) is 10.5 Å². The maximum Gasteiger partial charge on any atom is 0.320 e. The third kappa shape index (κ3) is 3.41. The van der Waals surface area contributed by atoms with Crippen molar-refractivity contribution in [2.45, 2.75) is 0 Å². The van der Waals surface area contributed by atoms with Gasteiger partial charge in [-0.25, -0.2) is 4.98 Å². The number of aromatic amines is 2. The monoisotopic (exact) mass is 386 g/mol. The number of anilines is 3. The van der Waals surface area contributed by atoms with E-state index in [-0.39, 0.29) is 11.9 Å². The van der Waals surface area contributed by atoms with E-state index in [9.17, 15) is 4.79 Å². The Labute approximate surface area is 163 Å². The van der Waals surface area contributed by atoms with Gasteiger partial charge in [-0.3, -0.25) is 9.89 Å². The summed E-state index contributed by atoms with van der Waals surface area (Å²) in [6.45, 7) is 0. The van der Waals surface area contributed by atoms with Gasteiger partial charge in [0, 0.05) is 22.3 Å². The normalized spacial score (nSPS) is 10.9. The molecule has 0 spiro atoms. The van der Waals surface area contributed by atoms with E-state index in [0.29, 0.717) is 22.8 Å². The maximum atomic E-state index is 12.2. The topological polar surface area (TPSA) is 137 Å². The number of nitrogens with zero attached hydrogens (tertiary/aromatic N) is 4. The number of hydrogen-bond donors (Lipinski definition) is 4. The molecule has 0 fully saturated rings. The van der Waals surface area contributed by atoms with Crippen LogP contribution in [-0.4, -0.2) is 36.3 Å². The first-order chi connectivity index (χ1) is 14.2. The molecule has 4 N–H and O–H groups in total. The molecule has 0 atom stereocenters. The molecule has 0 saturated heterocycles. The highest BCUT2D eigenvalue weighted by molar-refractivity contribution is 6.02. The summed E-state index contributed by atoms with van der Waals surface area (Å²) in [5.74, 6) is 0.0386. The van der Waals surface area contributed by atoms with Crippen LogP contribution in [0.4, 0.5) is 17.4 Å². The number of aromatic nitrogens is 6. The van der Waals surface area contributed by atoms with Gasteiger partial charge < -0.3 is 20.0 Å². The van der Waals surface area contributed by atoms with Crippen LogP contribution in [0.5, 0.6) is 0 Å². The second kappa shape index (κ2) is 6.93. The Balaban J connectivity index is 1.34. The summed E-state index contributed by atoms with van der Waals surface area (Å²) < 4.78 is 5.71. The molecule has 5 rings (SSSR count). The van der Waals surface area contributed by atoms with E-state index in [1.54, 1.807) is 24.4 Å². The summed E-state index contributed by atoms with van der Waals surface area (Å²) in [4.78, 5) is 18.8. The van der Waals surface area contributed by atoms with Gasteiger partial charge in [0.2, 0.25) is 5.89 Å². The third-order valence-electron chi connectivity index (χ3n) is 4.23. The fourth-order valence-electron chi connectivity index (χ4n) is 2.84. The number of amides is 1. The van der Waals surface area contributed by atoms with Crippen molar-refractivity contribution >= 4 is 34.2 Å². The van der Waals surface area contributed by atoms with E-state index in [0.717, 1.165) is 16.6 Å². The number of rotatable bonds is 5. The molecule has 1 amide bonds. The summed E-state index contributed by atoms with van der Waals surface area (Å²) in [5, 5.41) is 21.8. The minimum Gasteiger partial charge on any atom is -0.403 e. The molecule has 0 saturated carbocycles. The number of fused-ring (bicyclic) bond motifs is 1. The minimum atomic E-state index is -0.290. The third-order valence-corrected chi connectivity index (χ3v) is 4.23. The number of imidazole rings is 1. The number of H-pyrrole nitrogens is 2. The predicted octanol–water partition coefficient (Wildman–Crippen LogP) is 3.33. The lowest BCUT2D eigenvalue weighted by atomic mass is 10.2. The minimum absolute atomic E-state index is 0.259. The largest absolute Gasteiger partial charge is 0.403 e. The van der Waals surface area contributed by atoms with Crippen LogP contribution in [0.15, 0.2) is 65.6 Å². The van der Waals surface area contributed by atoms with Gasteiger partial charge >= 0.3 is 6.01 Å². The Morgan fingerprint density at radius 3 is 2.90 bits per heavy atom. The van der Waals surface area contributed by atoms with Gasteiger partial charge in [0.25, 0.3) is 5.91 Å². The molecular formula is C19H14N8O2. The van der Waals surface area contributed by atoms with E-state index in [2.05, 4.69) is 41.0 Å². The van der Waals surface area contributed by atoms with Gasteiger partial charge in [-0.15, -0.1) is 5.10 Å². The second-order valence-electron chi connectivity index (χ2n) is 6.21. The molecule has 5 aromatic rings. The summed E-state index contributed by atoms with van der Waals surface area (Å²) >= 11 is 0. The molecule has 0 bridgehead atoms. The Hall–Kier alpha value is -4.47. The van der Waals surface area contributed by atoms with E-state index < -0.39 is 0 Å². The van der Waals surface area contributed by atoms with Crippen LogP contribution < -0.4 is 10.6 Å². The van der Waals surface area contributed by atoms with E-state index in [4.69, 9.17) is 4.42 Å². The van der Waals surface area contributed by atoms with E-state index in [1.807, 2.05) is 24.3 Å². The van der Waals surface area contributed by atoms with Crippen LogP contribution in [0, 0.1) is 0 Å². The number of carbonyl (C=O) groups excluding carboxylic acids is 1. The molecule has 3 aromatic heterocycles. The van der Waals surface area contributed by atoms with Crippen molar-refractivity contribution in [1.29, 1.82) is 0 Å². The summed E-state index contributed by atoms with van der Waals surface area (Å²) in [5.41, 5.74) is 3.39. The fourth-order valence-corrected chi connectivity index (χ4v) is 2.84. The standard InChI is InChI=1S/C19H14N8O2/c28-17(16-9-20-10-21-16)23-13-3-1-2-11(6-13)18-26-27-19(29-18)24-14-4-5-15-12(7-14)8-22-25-15/h1-10H,(H,20,21)(H,22,25)(H,23,28)(H,24,27). The maximum absolute atomic E-state index is 12.2. The van der Waals surface area contributed by atoms with Gasteiger partial charge in [-0.1, -0.05) is 11.2 Å². The van der Waals surface area contributed by atoms with Crippen LogP contribution in [-0.2, 0) is 0 Å². The van der Waals surface area contributed by atoms with Crippen molar-refractivity contribution in [3.63, 3.8) is 0 Å².